The molecule has 7 nitrogen and oxygen atoms in total. The van der Waals surface area contributed by atoms with Gasteiger partial charge in [0.1, 0.15) is 0 Å². The largest absolute Gasteiger partial charge is 0.371 e. The van der Waals surface area contributed by atoms with E-state index in [-0.39, 0.29) is 11.6 Å². The van der Waals surface area contributed by atoms with Crippen LogP contribution in [0.3, 0.4) is 0 Å². The third kappa shape index (κ3) is 3.20. The molecule has 2 aromatic rings. The molecule has 1 spiro atoms. The number of aryl methyl sites for hydroxylation is 1. The van der Waals surface area contributed by atoms with Gasteiger partial charge in [0.15, 0.2) is 0 Å². The van der Waals surface area contributed by atoms with Crippen LogP contribution in [0, 0.1) is 0 Å². The zero-order valence-corrected chi connectivity index (χ0v) is 13.4. The average molecular weight is 314 g/mol. The number of nitrogens with zero attached hydrogens (tertiary/aromatic N) is 5. The van der Waals surface area contributed by atoms with E-state index in [1.807, 2.05) is 24.0 Å². The lowest BCUT2D eigenvalue weighted by molar-refractivity contribution is 0.0120. The maximum absolute atomic E-state index is 6.18. The van der Waals surface area contributed by atoms with Crippen molar-refractivity contribution in [3.63, 3.8) is 0 Å². The highest BCUT2D eigenvalue weighted by Crippen LogP contribution is 2.36. The van der Waals surface area contributed by atoms with E-state index < -0.39 is 0 Å². The first-order valence-corrected chi connectivity index (χ1v) is 8.08. The van der Waals surface area contributed by atoms with Crippen LogP contribution in [0.1, 0.15) is 18.4 Å². The summed E-state index contributed by atoms with van der Waals surface area (Å²) in [5, 5.41) is 7.62. The summed E-state index contributed by atoms with van der Waals surface area (Å²) in [6.07, 6.45) is 9.63. The SMILES string of the molecule is Cn1cc(CN2CC[C@]3(C[C@@H](Nc4ncccn4)CO3)C2)cn1. The minimum absolute atomic E-state index is 0.0192. The monoisotopic (exact) mass is 314 g/mol. The maximum atomic E-state index is 6.18. The van der Waals surface area contributed by atoms with Crippen LogP contribution < -0.4 is 5.32 Å². The first-order chi connectivity index (χ1) is 11.2. The number of likely N-dealkylation sites (tertiary alicyclic amines) is 1. The molecule has 2 saturated heterocycles. The molecule has 23 heavy (non-hydrogen) atoms. The van der Waals surface area contributed by atoms with E-state index in [1.165, 1.54) is 5.56 Å². The molecule has 4 rings (SSSR count). The fraction of sp³-hybridized carbons (Fsp3) is 0.562. The molecule has 2 fully saturated rings. The molecule has 0 aromatic carbocycles. The van der Waals surface area contributed by atoms with E-state index >= 15 is 0 Å². The van der Waals surface area contributed by atoms with Crippen LogP contribution in [0.25, 0.3) is 0 Å². The van der Waals surface area contributed by atoms with Crippen molar-refractivity contribution >= 4 is 5.95 Å². The topological polar surface area (TPSA) is 68.1 Å². The summed E-state index contributed by atoms with van der Waals surface area (Å²) in [7, 11) is 1.96. The van der Waals surface area contributed by atoms with E-state index in [9.17, 15) is 0 Å². The molecule has 2 aliphatic heterocycles. The normalized spacial score (nSPS) is 27.8. The number of anilines is 1. The molecule has 0 unspecified atom stereocenters. The van der Waals surface area contributed by atoms with Crippen molar-refractivity contribution in [1.82, 2.24) is 24.6 Å². The summed E-state index contributed by atoms with van der Waals surface area (Å²) in [6, 6.07) is 2.11. The standard InChI is InChI=1S/C16H22N6O/c1-21-9-13(8-19-21)10-22-6-3-16(12-22)7-14(11-23-16)20-15-17-4-2-5-18-15/h2,4-5,8-9,14H,3,6-7,10-12H2,1H3,(H,17,18,20)/t14-,16+/m1/s1. The number of rotatable bonds is 4. The second kappa shape index (κ2) is 5.90. The Bertz CT molecular complexity index is 660. The summed E-state index contributed by atoms with van der Waals surface area (Å²) < 4.78 is 8.03. The van der Waals surface area contributed by atoms with Gasteiger partial charge in [-0.05, 0) is 12.5 Å². The van der Waals surface area contributed by atoms with Gasteiger partial charge in [-0.25, -0.2) is 9.97 Å². The van der Waals surface area contributed by atoms with E-state index in [0.29, 0.717) is 5.95 Å². The van der Waals surface area contributed by atoms with Crippen LogP contribution in [0.4, 0.5) is 5.95 Å². The Labute approximate surface area is 135 Å². The molecule has 122 valence electrons. The van der Waals surface area contributed by atoms with Gasteiger partial charge < -0.3 is 10.1 Å². The zero-order valence-electron chi connectivity index (χ0n) is 13.4. The molecule has 0 bridgehead atoms. The molecule has 0 amide bonds. The van der Waals surface area contributed by atoms with Gasteiger partial charge in [-0.3, -0.25) is 9.58 Å². The fourth-order valence-corrected chi connectivity index (χ4v) is 3.65. The molecule has 1 N–H and O–H groups in total. The lowest BCUT2D eigenvalue weighted by Crippen LogP contribution is -2.33. The molecule has 2 aliphatic rings. The third-order valence-electron chi connectivity index (χ3n) is 4.67. The van der Waals surface area contributed by atoms with Crippen LogP contribution in [0.15, 0.2) is 30.9 Å². The minimum atomic E-state index is -0.0192. The summed E-state index contributed by atoms with van der Waals surface area (Å²) >= 11 is 0. The molecule has 0 saturated carbocycles. The zero-order chi connectivity index (χ0) is 15.7. The summed E-state index contributed by atoms with van der Waals surface area (Å²) in [5.41, 5.74) is 1.24. The highest BCUT2D eigenvalue weighted by atomic mass is 16.5. The predicted molar refractivity (Wildman–Crippen MR) is 85.8 cm³/mol. The molecule has 2 atom stereocenters. The Morgan fingerprint density at radius 1 is 1.39 bits per heavy atom. The Kier molecular flexibility index (Phi) is 3.74. The molecule has 7 heteroatoms. The van der Waals surface area contributed by atoms with Crippen molar-refractivity contribution in [2.24, 2.45) is 7.05 Å². The van der Waals surface area contributed by atoms with Gasteiger partial charge >= 0.3 is 0 Å². The van der Waals surface area contributed by atoms with E-state index in [4.69, 9.17) is 4.74 Å². The highest BCUT2D eigenvalue weighted by molar-refractivity contribution is 5.25. The Balaban J connectivity index is 1.34. The van der Waals surface area contributed by atoms with E-state index in [1.54, 1.807) is 12.4 Å². The van der Waals surface area contributed by atoms with Crippen molar-refractivity contribution in [3.8, 4) is 0 Å². The second-order valence-electron chi connectivity index (χ2n) is 6.59. The minimum Gasteiger partial charge on any atom is -0.371 e. The number of hydrogen-bond donors (Lipinski definition) is 1. The molecule has 4 heterocycles. The molecule has 2 aromatic heterocycles. The number of hydrogen-bond acceptors (Lipinski definition) is 6. The fourth-order valence-electron chi connectivity index (χ4n) is 3.65. The average Bonchev–Trinajstić information content (AvgIpc) is 3.24. The van der Waals surface area contributed by atoms with Gasteiger partial charge in [0, 0.05) is 57.3 Å². The Hall–Kier alpha value is -1.99. The number of ether oxygens (including phenoxy) is 1. The molecule has 0 radical (unpaired) electrons. The van der Waals surface area contributed by atoms with Crippen LogP contribution in [0.2, 0.25) is 0 Å². The number of nitrogens with one attached hydrogen (secondary N) is 1. The molecular weight excluding hydrogens is 292 g/mol. The summed E-state index contributed by atoms with van der Waals surface area (Å²) in [4.78, 5) is 10.9. The Morgan fingerprint density at radius 3 is 3.04 bits per heavy atom. The van der Waals surface area contributed by atoms with Crippen molar-refractivity contribution in [2.75, 3.05) is 25.0 Å². The van der Waals surface area contributed by atoms with E-state index in [2.05, 4.69) is 31.5 Å². The molecular formula is C16H22N6O. The van der Waals surface area contributed by atoms with Crippen LogP contribution >= 0.6 is 0 Å². The predicted octanol–water partition coefficient (Wildman–Crippen LogP) is 1.06. The van der Waals surface area contributed by atoms with Gasteiger partial charge in [0.05, 0.1) is 24.4 Å². The van der Waals surface area contributed by atoms with Crippen LogP contribution in [0.5, 0.6) is 0 Å². The lowest BCUT2D eigenvalue weighted by Gasteiger charge is -2.23. The highest BCUT2D eigenvalue weighted by Gasteiger charge is 2.45. The summed E-state index contributed by atoms with van der Waals surface area (Å²) in [5.74, 6) is 0.684. The van der Waals surface area contributed by atoms with Crippen molar-refractivity contribution < 1.29 is 4.74 Å². The third-order valence-corrected chi connectivity index (χ3v) is 4.67. The maximum Gasteiger partial charge on any atom is 0.222 e. The smallest absolute Gasteiger partial charge is 0.222 e. The Morgan fingerprint density at radius 2 is 2.26 bits per heavy atom. The van der Waals surface area contributed by atoms with Crippen LogP contribution in [-0.4, -0.2) is 56.0 Å². The van der Waals surface area contributed by atoms with E-state index in [0.717, 1.165) is 39.1 Å². The van der Waals surface area contributed by atoms with Gasteiger partial charge in [-0.2, -0.15) is 5.10 Å². The second-order valence-corrected chi connectivity index (χ2v) is 6.59. The molecule has 0 aliphatic carbocycles. The summed E-state index contributed by atoms with van der Waals surface area (Å²) in [6.45, 7) is 3.72. The van der Waals surface area contributed by atoms with Gasteiger partial charge in [0.2, 0.25) is 5.95 Å². The van der Waals surface area contributed by atoms with Gasteiger partial charge in [-0.15, -0.1) is 0 Å². The van der Waals surface area contributed by atoms with Crippen LogP contribution in [-0.2, 0) is 18.3 Å². The first-order valence-electron chi connectivity index (χ1n) is 8.08. The quantitative estimate of drug-likeness (QED) is 0.910. The van der Waals surface area contributed by atoms with Crippen molar-refractivity contribution in [2.45, 2.75) is 31.0 Å². The lowest BCUT2D eigenvalue weighted by atomic mass is 9.97. The van der Waals surface area contributed by atoms with Gasteiger partial charge in [0.25, 0.3) is 0 Å². The van der Waals surface area contributed by atoms with Gasteiger partial charge in [-0.1, -0.05) is 0 Å². The van der Waals surface area contributed by atoms with Crippen molar-refractivity contribution in [1.29, 1.82) is 0 Å². The number of aromatic nitrogens is 4. The first kappa shape index (κ1) is 14.6. The van der Waals surface area contributed by atoms with Crippen molar-refractivity contribution in [3.05, 3.63) is 36.4 Å².